The topological polar surface area (TPSA) is 69.1 Å². The van der Waals surface area contributed by atoms with Crippen molar-refractivity contribution in [2.75, 3.05) is 6.54 Å². The maximum Gasteiger partial charge on any atom is 0.177 e. The molecule has 0 aromatic carbocycles. The Balaban J connectivity index is 2.67. The summed E-state index contributed by atoms with van der Waals surface area (Å²) >= 11 is 0. The molecule has 0 saturated carbocycles. The van der Waals surface area contributed by atoms with Crippen LogP contribution in [0.2, 0.25) is 0 Å². The summed E-state index contributed by atoms with van der Waals surface area (Å²) in [6, 6.07) is 3.83. The number of aryl methyl sites for hydroxylation is 1. The molecule has 0 spiro atoms. The highest BCUT2D eigenvalue weighted by atomic mass is 15.4. The van der Waals surface area contributed by atoms with Crippen LogP contribution in [-0.4, -0.2) is 26.4 Å². The van der Waals surface area contributed by atoms with Gasteiger partial charge >= 0.3 is 0 Å². The van der Waals surface area contributed by atoms with E-state index in [1.165, 1.54) is 0 Å². The van der Waals surface area contributed by atoms with Gasteiger partial charge in [0.15, 0.2) is 11.5 Å². The van der Waals surface area contributed by atoms with Gasteiger partial charge in [0.25, 0.3) is 0 Å². The molecule has 0 unspecified atom stereocenters. The van der Waals surface area contributed by atoms with Crippen molar-refractivity contribution in [1.29, 1.82) is 0 Å². The first-order valence-electron chi connectivity index (χ1n) is 4.94. The van der Waals surface area contributed by atoms with Crippen LogP contribution in [0.3, 0.4) is 0 Å². The Morgan fingerprint density at radius 2 is 2.07 bits per heavy atom. The van der Waals surface area contributed by atoms with E-state index in [1.54, 1.807) is 4.52 Å². The highest BCUT2D eigenvalue weighted by Gasteiger charge is 2.25. The summed E-state index contributed by atoms with van der Waals surface area (Å²) < 4.78 is 1.77. The van der Waals surface area contributed by atoms with Crippen molar-refractivity contribution >= 4 is 5.65 Å². The third kappa shape index (κ3) is 1.59. The molecule has 0 atom stereocenters. The zero-order valence-electron chi connectivity index (χ0n) is 9.23. The molecule has 2 N–H and O–H groups in total. The van der Waals surface area contributed by atoms with Crippen LogP contribution in [0, 0.1) is 6.92 Å². The molecular weight excluding hydrogens is 190 g/mol. The van der Waals surface area contributed by atoms with Crippen molar-refractivity contribution < 1.29 is 0 Å². The summed E-state index contributed by atoms with van der Waals surface area (Å²) in [5.41, 5.74) is 7.21. The van der Waals surface area contributed by atoms with Gasteiger partial charge in [-0.3, -0.25) is 0 Å². The summed E-state index contributed by atoms with van der Waals surface area (Å²) in [7, 11) is 0. The normalized spacial score (nSPS) is 12.3. The maximum absolute atomic E-state index is 5.72. The zero-order valence-corrected chi connectivity index (χ0v) is 9.23. The largest absolute Gasteiger partial charge is 0.329 e. The van der Waals surface area contributed by atoms with Gasteiger partial charge in [0.1, 0.15) is 0 Å². The molecule has 2 rings (SSSR count). The number of fused-ring (bicyclic) bond motifs is 1. The predicted molar refractivity (Wildman–Crippen MR) is 57.6 cm³/mol. The fraction of sp³-hybridized carbons (Fsp3) is 0.500. The van der Waals surface area contributed by atoms with Gasteiger partial charge in [-0.1, -0.05) is 13.8 Å². The molecule has 2 aromatic heterocycles. The average molecular weight is 205 g/mol. The van der Waals surface area contributed by atoms with Crippen LogP contribution in [0.15, 0.2) is 12.1 Å². The lowest BCUT2D eigenvalue weighted by atomic mass is 9.93. The van der Waals surface area contributed by atoms with E-state index in [2.05, 4.69) is 15.3 Å². The number of nitrogens with zero attached hydrogens (tertiary/aromatic N) is 4. The minimum absolute atomic E-state index is 0.208. The lowest BCUT2D eigenvalue weighted by Crippen LogP contribution is -2.31. The van der Waals surface area contributed by atoms with Gasteiger partial charge in [-0.25, -0.2) is 0 Å². The van der Waals surface area contributed by atoms with E-state index in [-0.39, 0.29) is 5.41 Å². The standard InChI is InChI=1S/C10H15N5/c1-7-4-5-8-12-13-9(15(8)14-7)10(2,3)6-11/h4-5H,6,11H2,1-3H3. The minimum Gasteiger partial charge on any atom is -0.329 e. The van der Waals surface area contributed by atoms with Crippen molar-refractivity contribution in [2.24, 2.45) is 5.73 Å². The van der Waals surface area contributed by atoms with Gasteiger partial charge in [-0.15, -0.1) is 10.2 Å². The van der Waals surface area contributed by atoms with Gasteiger partial charge in [0.2, 0.25) is 0 Å². The van der Waals surface area contributed by atoms with Crippen LogP contribution in [0.4, 0.5) is 0 Å². The van der Waals surface area contributed by atoms with Gasteiger partial charge in [0, 0.05) is 12.0 Å². The first-order chi connectivity index (χ1) is 7.04. The lowest BCUT2D eigenvalue weighted by molar-refractivity contribution is 0.487. The third-order valence-corrected chi connectivity index (χ3v) is 2.51. The molecule has 5 heteroatoms. The number of hydrogen-bond donors (Lipinski definition) is 1. The Morgan fingerprint density at radius 3 is 2.73 bits per heavy atom. The number of nitrogens with two attached hydrogens (primary N) is 1. The lowest BCUT2D eigenvalue weighted by Gasteiger charge is -2.19. The Kier molecular flexibility index (Phi) is 2.19. The number of rotatable bonds is 2. The molecule has 15 heavy (non-hydrogen) atoms. The molecule has 0 aliphatic rings. The smallest absolute Gasteiger partial charge is 0.177 e. The Bertz CT molecular complexity index is 486. The monoisotopic (exact) mass is 205 g/mol. The van der Waals surface area contributed by atoms with Crippen molar-refractivity contribution in [3.05, 3.63) is 23.7 Å². The van der Waals surface area contributed by atoms with Crippen molar-refractivity contribution in [3.63, 3.8) is 0 Å². The number of aromatic nitrogens is 4. The summed E-state index contributed by atoms with van der Waals surface area (Å²) in [6.45, 7) is 6.53. The quantitative estimate of drug-likeness (QED) is 0.782. The molecule has 0 aliphatic heterocycles. The molecule has 0 radical (unpaired) electrons. The maximum atomic E-state index is 5.72. The molecule has 2 heterocycles. The zero-order chi connectivity index (χ0) is 11.1. The van der Waals surface area contributed by atoms with Crippen LogP contribution in [-0.2, 0) is 5.41 Å². The molecule has 2 aromatic rings. The Hall–Kier alpha value is -1.49. The SMILES string of the molecule is Cc1ccc2nnc(C(C)(C)CN)n2n1. The summed E-state index contributed by atoms with van der Waals surface area (Å²) in [5, 5.41) is 12.6. The first kappa shape index (κ1) is 10.0. The third-order valence-electron chi connectivity index (χ3n) is 2.51. The first-order valence-corrected chi connectivity index (χ1v) is 4.94. The molecular formula is C10H15N5. The molecule has 0 bridgehead atoms. The van der Waals surface area contributed by atoms with Crippen molar-refractivity contribution in [2.45, 2.75) is 26.2 Å². The van der Waals surface area contributed by atoms with Gasteiger partial charge < -0.3 is 5.73 Å². The molecule has 0 aliphatic carbocycles. The Labute approximate surface area is 88.3 Å². The molecule has 0 saturated heterocycles. The molecule has 0 fully saturated rings. The molecule has 80 valence electrons. The van der Waals surface area contributed by atoms with Crippen LogP contribution >= 0.6 is 0 Å². The predicted octanol–water partition coefficient (Wildman–Crippen LogP) is 0.669. The van der Waals surface area contributed by atoms with Gasteiger partial charge in [-0.2, -0.15) is 9.61 Å². The van der Waals surface area contributed by atoms with E-state index >= 15 is 0 Å². The summed E-state index contributed by atoms with van der Waals surface area (Å²) in [4.78, 5) is 0. The van der Waals surface area contributed by atoms with Crippen LogP contribution < -0.4 is 5.73 Å². The average Bonchev–Trinajstić information content (AvgIpc) is 2.61. The van der Waals surface area contributed by atoms with E-state index in [1.807, 2.05) is 32.9 Å². The van der Waals surface area contributed by atoms with Crippen LogP contribution in [0.5, 0.6) is 0 Å². The van der Waals surface area contributed by atoms with Gasteiger partial charge in [-0.05, 0) is 19.1 Å². The number of hydrogen-bond acceptors (Lipinski definition) is 4. The van der Waals surface area contributed by atoms with Gasteiger partial charge in [0.05, 0.1) is 5.69 Å². The molecule has 5 nitrogen and oxygen atoms in total. The van der Waals surface area contributed by atoms with E-state index in [0.717, 1.165) is 17.2 Å². The summed E-state index contributed by atoms with van der Waals surface area (Å²) in [6.07, 6.45) is 0. The van der Waals surface area contributed by atoms with Crippen molar-refractivity contribution in [1.82, 2.24) is 19.8 Å². The minimum atomic E-state index is -0.208. The van der Waals surface area contributed by atoms with Crippen molar-refractivity contribution in [3.8, 4) is 0 Å². The fourth-order valence-electron chi connectivity index (χ4n) is 1.39. The van der Waals surface area contributed by atoms with Crippen LogP contribution in [0.1, 0.15) is 25.4 Å². The highest BCUT2D eigenvalue weighted by molar-refractivity contribution is 5.37. The van der Waals surface area contributed by atoms with E-state index in [9.17, 15) is 0 Å². The summed E-state index contributed by atoms with van der Waals surface area (Å²) in [5.74, 6) is 0.809. The Morgan fingerprint density at radius 1 is 1.33 bits per heavy atom. The fourth-order valence-corrected chi connectivity index (χ4v) is 1.39. The second kappa shape index (κ2) is 3.27. The van der Waals surface area contributed by atoms with E-state index in [0.29, 0.717) is 6.54 Å². The molecule has 0 amide bonds. The van der Waals surface area contributed by atoms with E-state index < -0.39 is 0 Å². The van der Waals surface area contributed by atoms with Crippen LogP contribution in [0.25, 0.3) is 5.65 Å². The van der Waals surface area contributed by atoms with E-state index in [4.69, 9.17) is 5.73 Å². The second-order valence-corrected chi connectivity index (χ2v) is 4.36. The second-order valence-electron chi connectivity index (χ2n) is 4.36. The highest BCUT2D eigenvalue weighted by Crippen LogP contribution is 2.19.